The number of hydrogen-bond acceptors (Lipinski definition) is 4. The Balaban J connectivity index is 2.37. The van der Waals surface area contributed by atoms with Gasteiger partial charge in [-0.2, -0.15) is 5.26 Å². The number of pyridine rings is 1. The molecule has 1 aromatic heterocycles. The van der Waals surface area contributed by atoms with E-state index in [2.05, 4.69) is 36.3 Å². The average molecular weight is 281 g/mol. The molecular formula is C17H19N3O. The summed E-state index contributed by atoms with van der Waals surface area (Å²) >= 11 is 0. The first-order chi connectivity index (χ1) is 10.1. The van der Waals surface area contributed by atoms with Crippen molar-refractivity contribution in [1.82, 2.24) is 10.3 Å². The zero-order chi connectivity index (χ0) is 15.2. The molecule has 0 fully saturated rings. The Hall–Kier alpha value is -2.38. The summed E-state index contributed by atoms with van der Waals surface area (Å²) in [6.07, 6.45) is 3.64. The average Bonchev–Trinajstić information content (AvgIpc) is 2.52. The molecule has 0 radical (unpaired) electrons. The molecule has 4 heteroatoms. The van der Waals surface area contributed by atoms with Crippen LogP contribution in [0, 0.1) is 11.3 Å². The minimum Gasteiger partial charge on any atom is -0.496 e. The second-order valence-electron chi connectivity index (χ2n) is 5.14. The predicted molar refractivity (Wildman–Crippen MR) is 82.9 cm³/mol. The van der Waals surface area contributed by atoms with E-state index in [4.69, 9.17) is 10.00 Å². The molecule has 2 rings (SSSR count). The van der Waals surface area contributed by atoms with Crippen molar-refractivity contribution in [2.75, 3.05) is 7.11 Å². The van der Waals surface area contributed by atoms with Gasteiger partial charge in [-0.1, -0.05) is 13.8 Å². The highest BCUT2D eigenvalue weighted by Gasteiger charge is 2.08. The summed E-state index contributed by atoms with van der Waals surface area (Å²) in [5, 5.41) is 12.4. The van der Waals surface area contributed by atoms with Crippen LogP contribution in [-0.4, -0.2) is 18.1 Å². The van der Waals surface area contributed by atoms with E-state index in [0.717, 1.165) is 29.0 Å². The van der Waals surface area contributed by atoms with Crippen LogP contribution in [-0.2, 0) is 6.54 Å². The molecule has 1 N–H and O–H groups in total. The van der Waals surface area contributed by atoms with Gasteiger partial charge < -0.3 is 10.1 Å². The number of benzene rings is 1. The number of aromatic nitrogens is 1. The molecule has 1 heterocycles. The van der Waals surface area contributed by atoms with E-state index in [-0.39, 0.29) is 0 Å². The molecule has 0 aliphatic carbocycles. The molecule has 0 unspecified atom stereocenters. The number of hydrogen-bond donors (Lipinski definition) is 1. The maximum atomic E-state index is 9.06. The van der Waals surface area contributed by atoms with E-state index in [9.17, 15) is 0 Å². The van der Waals surface area contributed by atoms with Crippen LogP contribution < -0.4 is 10.1 Å². The van der Waals surface area contributed by atoms with Gasteiger partial charge in [0.2, 0.25) is 0 Å². The van der Waals surface area contributed by atoms with Gasteiger partial charge >= 0.3 is 0 Å². The van der Waals surface area contributed by atoms with Gasteiger partial charge in [-0.3, -0.25) is 4.98 Å². The highest BCUT2D eigenvalue weighted by molar-refractivity contribution is 5.71. The third-order valence-electron chi connectivity index (χ3n) is 3.15. The zero-order valence-corrected chi connectivity index (χ0v) is 12.6. The number of methoxy groups -OCH3 is 1. The van der Waals surface area contributed by atoms with Crippen molar-refractivity contribution in [3.05, 3.63) is 47.8 Å². The molecular weight excluding hydrogens is 262 g/mol. The number of rotatable bonds is 5. The molecule has 0 bridgehead atoms. The molecule has 108 valence electrons. The van der Waals surface area contributed by atoms with Gasteiger partial charge in [-0.25, -0.2) is 0 Å². The summed E-state index contributed by atoms with van der Waals surface area (Å²) < 4.78 is 5.38. The second-order valence-corrected chi connectivity index (χ2v) is 5.14. The molecule has 2 aromatic rings. The van der Waals surface area contributed by atoms with E-state index in [0.29, 0.717) is 11.6 Å². The van der Waals surface area contributed by atoms with Crippen LogP contribution in [0.5, 0.6) is 5.75 Å². The highest BCUT2D eigenvalue weighted by atomic mass is 16.5. The first kappa shape index (κ1) is 15.0. The number of ether oxygens (including phenoxy) is 1. The van der Waals surface area contributed by atoms with Crippen LogP contribution in [0.3, 0.4) is 0 Å². The second kappa shape index (κ2) is 6.87. The minimum absolute atomic E-state index is 0.421. The lowest BCUT2D eigenvalue weighted by molar-refractivity contribution is 0.416. The van der Waals surface area contributed by atoms with Gasteiger partial charge in [0.05, 0.1) is 18.7 Å². The van der Waals surface area contributed by atoms with E-state index < -0.39 is 0 Å². The van der Waals surface area contributed by atoms with Crippen molar-refractivity contribution in [2.45, 2.75) is 26.4 Å². The van der Waals surface area contributed by atoms with Crippen molar-refractivity contribution >= 4 is 0 Å². The standard InChI is InChI=1S/C17H19N3O/c1-12(2)20-10-14-6-15(11-19-9-14)16-7-13(8-18)4-5-17(16)21-3/h4-7,9,11-12,20H,10H2,1-3H3. The molecule has 0 saturated carbocycles. The van der Waals surface area contributed by atoms with Crippen molar-refractivity contribution in [2.24, 2.45) is 0 Å². The van der Waals surface area contributed by atoms with Crippen molar-refractivity contribution < 1.29 is 4.74 Å². The Morgan fingerprint density at radius 3 is 2.76 bits per heavy atom. The summed E-state index contributed by atoms with van der Waals surface area (Å²) in [6, 6.07) is 10.0. The topological polar surface area (TPSA) is 57.9 Å². The third-order valence-corrected chi connectivity index (χ3v) is 3.15. The normalized spacial score (nSPS) is 10.4. The molecule has 21 heavy (non-hydrogen) atoms. The van der Waals surface area contributed by atoms with Crippen LogP contribution in [0.15, 0.2) is 36.7 Å². The lowest BCUT2D eigenvalue weighted by atomic mass is 10.0. The van der Waals surface area contributed by atoms with Gasteiger partial charge in [0.1, 0.15) is 5.75 Å². The summed E-state index contributed by atoms with van der Waals surface area (Å²) in [6.45, 7) is 4.98. The van der Waals surface area contributed by atoms with Crippen LogP contribution in [0.25, 0.3) is 11.1 Å². The summed E-state index contributed by atoms with van der Waals surface area (Å²) in [5.74, 6) is 0.741. The Labute approximate surface area is 125 Å². The van der Waals surface area contributed by atoms with Gasteiger partial charge in [-0.05, 0) is 29.8 Å². The molecule has 4 nitrogen and oxygen atoms in total. The lowest BCUT2D eigenvalue weighted by Gasteiger charge is -2.11. The van der Waals surface area contributed by atoms with Crippen LogP contribution >= 0.6 is 0 Å². The van der Waals surface area contributed by atoms with Gasteiger partial charge in [0, 0.05) is 36.1 Å². The molecule has 0 saturated heterocycles. The predicted octanol–water partition coefficient (Wildman–Crippen LogP) is 3.13. The largest absolute Gasteiger partial charge is 0.496 e. The number of nitriles is 1. The fourth-order valence-electron chi connectivity index (χ4n) is 2.06. The van der Waals surface area contributed by atoms with E-state index in [1.807, 2.05) is 18.3 Å². The molecule has 0 atom stereocenters. The smallest absolute Gasteiger partial charge is 0.126 e. The van der Waals surface area contributed by atoms with Gasteiger partial charge in [0.15, 0.2) is 0 Å². The highest BCUT2D eigenvalue weighted by Crippen LogP contribution is 2.30. The van der Waals surface area contributed by atoms with E-state index in [1.54, 1.807) is 19.4 Å². The molecule has 0 spiro atoms. The SMILES string of the molecule is COc1ccc(C#N)cc1-c1cncc(CNC(C)C)c1. The Kier molecular flexibility index (Phi) is 4.91. The quantitative estimate of drug-likeness (QED) is 0.914. The van der Waals surface area contributed by atoms with Crippen molar-refractivity contribution in [1.29, 1.82) is 5.26 Å². The van der Waals surface area contributed by atoms with Crippen molar-refractivity contribution in [3.8, 4) is 22.9 Å². The lowest BCUT2D eigenvalue weighted by Crippen LogP contribution is -2.21. The van der Waals surface area contributed by atoms with Crippen LogP contribution in [0.4, 0.5) is 0 Å². The summed E-state index contributed by atoms with van der Waals surface area (Å²) in [7, 11) is 1.63. The summed E-state index contributed by atoms with van der Waals surface area (Å²) in [5.41, 5.74) is 3.55. The maximum absolute atomic E-state index is 9.06. The first-order valence-electron chi connectivity index (χ1n) is 6.90. The minimum atomic E-state index is 0.421. The first-order valence-corrected chi connectivity index (χ1v) is 6.90. The van der Waals surface area contributed by atoms with Gasteiger partial charge in [0.25, 0.3) is 0 Å². The molecule has 0 amide bonds. The molecule has 0 aliphatic rings. The maximum Gasteiger partial charge on any atom is 0.126 e. The fourth-order valence-corrected chi connectivity index (χ4v) is 2.06. The van der Waals surface area contributed by atoms with Gasteiger partial charge in [-0.15, -0.1) is 0 Å². The van der Waals surface area contributed by atoms with E-state index in [1.165, 1.54) is 0 Å². The number of nitrogens with zero attached hydrogens (tertiary/aromatic N) is 2. The summed E-state index contributed by atoms with van der Waals surface area (Å²) in [4.78, 5) is 4.29. The molecule has 0 aliphatic heterocycles. The van der Waals surface area contributed by atoms with Crippen LogP contribution in [0.2, 0.25) is 0 Å². The van der Waals surface area contributed by atoms with Crippen molar-refractivity contribution in [3.63, 3.8) is 0 Å². The van der Waals surface area contributed by atoms with E-state index >= 15 is 0 Å². The monoisotopic (exact) mass is 281 g/mol. The number of nitrogens with one attached hydrogen (secondary N) is 1. The Morgan fingerprint density at radius 2 is 2.10 bits per heavy atom. The Morgan fingerprint density at radius 1 is 1.29 bits per heavy atom. The third kappa shape index (κ3) is 3.80. The Bertz CT molecular complexity index is 659. The van der Waals surface area contributed by atoms with Crippen LogP contribution in [0.1, 0.15) is 25.0 Å². The zero-order valence-electron chi connectivity index (χ0n) is 12.6. The fraction of sp³-hybridized carbons (Fsp3) is 0.294. The molecule has 1 aromatic carbocycles.